The van der Waals surface area contributed by atoms with Gasteiger partial charge in [-0.25, -0.2) is 0 Å². The van der Waals surface area contributed by atoms with Crippen molar-refractivity contribution in [3.8, 4) is 5.75 Å². The summed E-state index contributed by atoms with van der Waals surface area (Å²) in [5.74, 6) is -4.55. The predicted octanol–water partition coefficient (Wildman–Crippen LogP) is 0.814. The number of carbonyl (C=O) groups is 4. The van der Waals surface area contributed by atoms with Crippen molar-refractivity contribution in [3.05, 3.63) is 24.0 Å². The van der Waals surface area contributed by atoms with E-state index in [9.17, 15) is 24.3 Å². The Morgan fingerprint density at radius 1 is 1.16 bits per heavy atom. The second-order valence-electron chi connectivity index (χ2n) is 5.26. The molecule has 25 heavy (non-hydrogen) atoms. The van der Waals surface area contributed by atoms with Gasteiger partial charge < -0.3 is 19.7 Å². The summed E-state index contributed by atoms with van der Waals surface area (Å²) in [4.78, 5) is 51.7. The van der Waals surface area contributed by atoms with Crippen LogP contribution in [0.2, 0.25) is 0 Å². The second kappa shape index (κ2) is 8.88. The Kier molecular flexibility index (Phi) is 7.19. The molecule has 0 aliphatic rings. The van der Waals surface area contributed by atoms with Crippen LogP contribution in [0.4, 0.5) is 0 Å². The van der Waals surface area contributed by atoms with Crippen molar-refractivity contribution in [2.24, 2.45) is 5.41 Å². The Bertz CT molecular complexity index is 672. The van der Waals surface area contributed by atoms with Crippen molar-refractivity contribution in [2.45, 2.75) is 19.3 Å². The zero-order valence-corrected chi connectivity index (χ0v) is 13.9. The van der Waals surface area contributed by atoms with E-state index in [1.54, 1.807) is 0 Å². The summed E-state index contributed by atoms with van der Waals surface area (Å²) in [6.45, 7) is -0.595. The summed E-state index contributed by atoms with van der Waals surface area (Å²) >= 11 is 0. The molecule has 1 rings (SSSR count). The highest BCUT2D eigenvalue weighted by atomic mass is 16.5. The molecular weight excluding hydrogens is 334 g/mol. The Labute approximate surface area is 143 Å². The molecule has 0 aliphatic heterocycles. The van der Waals surface area contributed by atoms with Crippen LogP contribution < -0.4 is 4.74 Å². The van der Waals surface area contributed by atoms with E-state index in [1.165, 1.54) is 26.5 Å². The maximum atomic E-state index is 12.9. The van der Waals surface area contributed by atoms with Gasteiger partial charge in [0.2, 0.25) is 0 Å². The number of pyridine rings is 1. The molecule has 0 fully saturated rings. The zero-order valence-electron chi connectivity index (χ0n) is 13.9. The number of aromatic nitrogens is 1. The fourth-order valence-electron chi connectivity index (χ4n) is 2.36. The van der Waals surface area contributed by atoms with Gasteiger partial charge in [0.15, 0.2) is 17.0 Å². The molecule has 2 N–H and O–H groups in total. The summed E-state index contributed by atoms with van der Waals surface area (Å²) < 4.78 is 9.65. The number of nitrogens with zero attached hydrogens (tertiary/aromatic N) is 1. The maximum Gasteiger partial charge on any atom is 0.325 e. The van der Waals surface area contributed by atoms with Gasteiger partial charge in [-0.2, -0.15) is 0 Å². The number of carboxylic acid groups (broad SMARTS) is 2. The van der Waals surface area contributed by atoms with E-state index in [0.717, 1.165) is 6.20 Å². The molecule has 0 amide bonds. The largest absolute Gasteiger partial charge is 0.495 e. The molecule has 1 atom stereocenters. The van der Waals surface area contributed by atoms with E-state index in [1.807, 2.05) is 0 Å². The second-order valence-corrected chi connectivity index (χ2v) is 5.26. The van der Waals surface area contributed by atoms with E-state index >= 15 is 0 Å². The lowest BCUT2D eigenvalue weighted by atomic mass is 9.73. The van der Waals surface area contributed by atoms with Crippen molar-refractivity contribution in [3.63, 3.8) is 0 Å². The van der Waals surface area contributed by atoms with Gasteiger partial charge in [0.1, 0.15) is 12.4 Å². The Morgan fingerprint density at radius 2 is 1.84 bits per heavy atom. The summed E-state index contributed by atoms with van der Waals surface area (Å²) in [6, 6.07) is 1.27. The third-order valence-electron chi connectivity index (χ3n) is 3.66. The SMILES string of the molecule is COCC(=O)C(CCCC(=O)O)(C(=O)O)C(=O)c1cncc(OC)c1. The van der Waals surface area contributed by atoms with E-state index in [-0.39, 0.29) is 24.2 Å². The van der Waals surface area contributed by atoms with Gasteiger partial charge >= 0.3 is 11.9 Å². The van der Waals surface area contributed by atoms with Gasteiger partial charge in [-0.15, -0.1) is 0 Å². The number of Topliss-reactive ketones (excluding diaryl/α,β-unsaturated/α-hetero) is 2. The fourth-order valence-corrected chi connectivity index (χ4v) is 2.36. The number of carboxylic acids is 2. The number of aliphatic carboxylic acids is 2. The van der Waals surface area contributed by atoms with E-state index in [0.29, 0.717) is 0 Å². The minimum absolute atomic E-state index is 0.124. The fraction of sp³-hybridized carbons (Fsp3) is 0.438. The first kappa shape index (κ1) is 20.2. The quantitative estimate of drug-likeness (QED) is 0.437. The number of carbonyl (C=O) groups excluding carboxylic acids is 2. The lowest BCUT2D eigenvalue weighted by molar-refractivity contribution is -0.153. The van der Waals surface area contributed by atoms with Crippen molar-refractivity contribution in [1.29, 1.82) is 0 Å². The number of methoxy groups -OCH3 is 2. The lowest BCUT2D eigenvalue weighted by Gasteiger charge is -2.26. The Balaban J connectivity index is 3.34. The van der Waals surface area contributed by atoms with E-state index < -0.39 is 41.9 Å². The average molecular weight is 353 g/mol. The van der Waals surface area contributed by atoms with Crippen LogP contribution in [0.25, 0.3) is 0 Å². The molecule has 0 bridgehead atoms. The normalized spacial score (nSPS) is 12.9. The molecule has 1 aromatic heterocycles. The molecule has 0 saturated carbocycles. The molecule has 0 saturated heterocycles. The predicted molar refractivity (Wildman–Crippen MR) is 83.6 cm³/mol. The van der Waals surface area contributed by atoms with Gasteiger partial charge in [0.05, 0.1) is 13.3 Å². The van der Waals surface area contributed by atoms with Crippen LogP contribution in [-0.2, 0) is 19.1 Å². The molecule has 0 spiro atoms. The molecule has 1 unspecified atom stereocenters. The van der Waals surface area contributed by atoms with Crippen LogP contribution in [-0.4, -0.2) is 59.5 Å². The van der Waals surface area contributed by atoms with E-state index in [4.69, 9.17) is 14.6 Å². The molecule has 1 heterocycles. The van der Waals surface area contributed by atoms with Gasteiger partial charge in [-0.3, -0.25) is 24.2 Å². The smallest absolute Gasteiger partial charge is 0.325 e. The molecule has 9 nitrogen and oxygen atoms in total. The molecule has 9 heteroatoms. The van der Waals surface area contributed by atoms with Crippen LogP contribution in [0.3, 0.4) is 0 Å². The van der Waals surface area contributed by atoms with Crippen molar-refractivity contribution in [1.82, 2.24) is 4.98 Å². The number of hydrogen-bond acceptors (Lipinski definition) is 7. The van der Waals surface area contributed by atoms with Gasteiger partial charge in [-0.05, 0) is 18.9 Å². The van der Waals surface area contributed by atoms with Gasteiger partial charge in [0.25, 0.3) is 0 Å². The first-order chi connectivity index (χ1) is 11.8. The monoisotopic (exact) mass is 353 g/mol. The molecule has 1 aromatic rings. The topological polar surface area (TPSA) is 140 Å². The minimum atomic E-state index is -2.44. The van der Waals surface area contributed by atoms with E-state index in [2.05, 4.69) is 4.98 Å². The van der Waals surface area contributed by atoms with Crippen molar-refractivity contribution < 1.29 is 38.9 Å². The first-order valence-corrected chi connectivity index (χ1v) is 7.30. The molecule has 0 radical (unpaired) electrons. The molecule has 136 valence electrons. The lowest BCUT2D eigenvalue weighted by Crippen LogP contribution is -2.48. The maximum absolute atomic E-state index is 12.9. The molecular formula is C16H19NO8. The van der Waals surface area contributed by atoms with Crippen molar-refractivity contribution >= 4 is 23.5 Å². The highest BCUT2D eigenvalue weighted by Crippen LogP contribution is 2.32. The highest BCUT2D eigenvalue weighted by Gasteiger charge is 2.52. The molecule has 0 aliphatic carbocycles. The summed E-state index contributed by atoms with van der Waals surface area (Å²) in [6.07, 6.45) is 1.44. The summed E-state index contributed by atoms with van der Waals surface area (Å²) in [5.41, 5.74) is -2.57. The van der Waals surface area contributed by atoms with Crippen LogP contribution >= 0.6 is 0 Å². The van der Waals surface area contributed by atoms with Crippen LogP contribution in [0, 0.1) is 5.41 Å². The third kappa shape index (κ3) is 4.60. The zero-order chi connectivity index (χ0) is 19.0. The molecule has 0 aromatic carbocycles. The third-order valence-corrected chi connectivity index (χ3v) is 3.66. The average Bonchev–Trinajstić information content (AvgIpc) is 2.57. The van der Waals surface area contributed by atoms with Crippen molar-refractivity contribution in [2.75, 3.05) is 20.8 Å². The van der Waals surface area contributed by atoms with Crippen LogP contribution in [0.1, 0.15) is 29.6 Å². The summed E-state index contributed by atoms with van der Waals surface area (Å²) in [5, 5.41) is 18.4. The first-order valence-electron chi connectivity index (χ1n) is 7.30. The summed E-state index contributed by atoms with van der Waals surface area (Å²) in [7, 11) is 2.54. The highest BCUT2D eigenvalue weighted by molar-refractivity contribution is 6.27. The Morgan fingerprint density at radius 3 is 2.36 bits per heavy atom. The van der Waals surface area contributed by atoms with Gasteiger partial charge in [0, 0.05) is 25.3 Å². The van der Waals surface area contributed by atoms with Crippen LogP contribution in [0.5, 0.6) is 5.75 Å². The van der Waals surface area contributed by atoms with Gasteiger partial charge in [-0.1, -0.05) is 0 Å². The minimum Gasteiger partial charge on any atom is -0.495 e. The Hall–Kier alpha value is -2.81. The number of hydrogen-bond donors (Lipinski definition) is 2. The standard InChI is InChI=1S/C16H19NO8/c1-24-9-12(18)16(15(22)23,5-3-4-13(19)20)14(21)10-6-11(25-2)8-17-7-10/h6-8H,3-5,9H2,1-2H3,(H,19,20)(H,22,23). The van der Waals surface area contributed by atoms with Crippen LogP contribution in [0.15, 0.2) is 18.5 Å². The number of rotatable bonds is 11. The number of ketones is 2. The number of ether oxygens (including phenoxy) is 2.